The maximum atomic E-state index is 13.5. The van der Waals surface area contributed by atoms with Crippen LogP contribution in [0.25, 0.3) is 0 Å². The number of carboxylic acid groups (broad SMARTS) is 1. The van der Waals surface area contributed by atoms with Gasteiger partial charge in [0, 0.05) is 11.3 Å². The van der Waals surface area contributed by atoms with Crippen LogP contribution in [0.2, 0.25) is 0 Å². The largest absolute Gasteiger partial charge is 0.478 e. The lowest BCUT2D eigenvalue weighted by Crippen LogP contribution is -1.97. The second-order valence-corrected chi connectivity index (χ2v) is 4.71. The number of carbonyl (C=O) groups is 1. The minimum Gasteiger partial charge on any atom is -0.478 e. The molecule has 0 aliphatic heterocycles. The van der Waals surface area contributed by atoms with Crippen LogP contribution in [0.15, 0.2) is 27.6 Å². The van der Waals surface area contributed by atoms with Crippen LogP contribution in [0, 0.1) is 5.82 Å². The zero-order chi connectivity index (χ0) is 13.8. The molecule has 0 bridgehead atoms. The molecule has 0 aliphatic rings. The highest BCUT2D eigenvalue weighted by atomic mass is 32.2. The van der Waals surface area contributed by atoms with Crippen LogP contribution in [0.4, 0.5) is 4.39 Å². The summed E-state index contributed by atoms with van der Waals surface area (Å²) in [6.07, 6.45) is 0.664. The van der Waals surface area contributed by atoms with Gasteiger partial charge in [0.15, 0.2) is 5.82 Å². The Morgan fingerprint density at radius 1 is 1.53 bits per heavy atom. The van der Waals surface area contributed by atoms with Crippen molar-refractivity contribution in [3.8, 4) is 0 Å². The minimum absolute atomic E-state index is 0.0451. The average molecular weight is 282 g/mol. The van der Waals surface area contributed by atoms with Crippen LogP contribution in [0.5, 0.6) is 0 Å². The maximum absolute atomic E-state index is 13.5. The third kappa shape index (κ3) is 3.31. The summed E-state index contributed by atoms with van der Waals surface area (Å²) in [6, 6.07) is 3.65. The molecule has 19 heavy (non-hydrogen) atoms. The third-order valence-corrected chi connectivity index (χ3v) is 3.37. The Morgan fingerprint density at radius 3 is 2.95 bits per heavy atom. The Balaban J connectivity index is 2.10. The minimum atomic E-state index is -1.09. The van der Waals surface area contributed by atoms with Gasteiger partial charge in [0.25, 0.3) is 0 Å². The van der Waals surface area contributed by atoms with Crippen LogP contribution in [0.1, 0.15) is 29.0 Å². The molecule has 0 unspecified atom stereocenters. The molecule has 100 valence electrons. The number of nitrogens with zero attached hydrogens (tertiary/aromatic N) is 2. The van der Waals surface area contributed by atoms with Crippen molar-refractivity contribution < 1.29 is 18.8 Å². The van der Waals surface area contributed by atoms with E-state index >= 15 is 0 Å². The number of halogens is 1. The summed E-state index contributed by atoms with van der Waals surface area (Å²) in [6.45, 7) is 1.90. The van der Waals surface area contributed by atoms with Crippen LogP contribution in [0.3, 0.4) is 0 Å². The maximum Gasteiger partial charge on any atom is 0.335 e. The molecule has 1 heterocycles. The van der Waals surface area contributed by atoms with Crippen LogP contribution < -0.4 is 0 Å². The molecule has 2 rings (SSSR count). The standard InChI is InChI=1S/C12H11FN2O3S/c1-2-10-14-11(18-15-10)6-19-9-5-7(12(16)17)3-4-8(9)13/h3-5H,2,6H2,1H3,(H,16,17). The van der Waals surface area contributed by atoms with Gasteiger partial charge in [0.1, 0.15) is 5.82 Å². The third-order valence-electron chi connectivity index (χ3n) is 2.36. The summed E-state index contributed by atoms with van der Waals surface area (Å²) < 4.78 is 18.5. The smallest absolute Gasteiger partial charge is 0.335 e. The van der Waals surface area contributed by atoms with Crippen molar-refractivity contribution in [3.05, 3.63) is 41.3 Å². The van der Waals surface area contributed by atoms with Gasteiger partial charge in [-0.2, -0.15) is 4.98 Å². The zero-order valence-electron chi connectivity index (χ0n) is 10.1. The van der Waals surface area contributed by atoms with E-state index in [4.69, 9.17) is 9.63 Å². The predicted octanol–water partition coefficient (Wildman–Crippen LogP) is 2.76. The Kier molecular flexibility index (Phi) is 4.16. The molecule has 0 saturated carbocycles. The van der Waals surface area contributed by atoms with E-state index in [1.165, 1.54) is 12.1 Å². The van der Waals surface area contributed by atoms with Gasteiger partial charge in [-0.15, -0.1) is 11.8 Å². The number of aromatic carboxylic acids is 1. The zero-order valence-corrected chi connectivity index (χ0v) is 10.9. The van der Waals surface area contributed by atoms with E-state index in [0.29, 0.717) is 23.9 Å². The fourth-order valence-corrected chi connectivity index (χ4v) is 2.19. The Labute approximate surface area is 112 Å². The van der Waals surface area contributed by atoms with Gasteiger partial charge in [-0.1, -0.05) is 12.1 Å². The molecule has 1 N–H and O–H groups in total. The first kappa shape index (κ1) is 13.5. The molecule has 5 nitrogen and oxygen atoms in total. The normalized spacial score (nSPS) is 10.6. The van der Waals surface area contributed by atoms with Gasteiger partial charge in [0.05, 0.1) is 11.3 Å². The summed E-state index contributed by atoms with van der Waals surface area (Å²) in [5, 5.41) is 12.6. The van der Waals surface area contributed by atoms with Crippen molar-refractivity contribution in [1.82, 2.24) is 10.1 Å². The van der Waals surface area contributed by atoms with E-state index < -0.39 is 11.8 Å². The highest BCUT2D eigenvalue weighted by Crippen LogP contribution is 2.26. The van der Waals surface area contributed by atoms with E-state index in [1.54, 1.807) is 0 Å². The molecule has 0 aliphatic carbocycles. The lowest BCUT2D eigenvalue weighted by atomic mass is 10.2. The Bertz CT molecular complexity index is 600. The Hall–Kier alpha value is -1.89. The molecule has 0 spiro atoms. The average Bonchev–Trinajstić information content (AvgIpc) is 2.85. The molecule has 0 amide bonds. The van der Waals surface area contributed by atoms with Crippen LogP contribution in [-0.2, 0) is 12.2 Å². The highest BCUT2D eigenvalue weighted by molar-refractivity contribution is 7.98. The number of thioether (sulfide) groups is 1. The number of carboxylic acids is 1. The Morgan fingerprint density at radius 2 is 2.32 bits per heavy atom. The second-order valence-electron chi connectivity index (χ2n) is 3.70. The van der Waals surface area contributed by atoms with Crippen molar-refractivity contribution in [2.75, 3.05) is 0 Å². The number of hydrogen-bond acceptors (Lipinski definition) is 5. The molecular formula is C12H11FN2O3S. The number of rotatable bonds is 5. The van der Waals surface area contributed by atoms with Crippen LogP contribution >= 0.6 is 11.8 Å². The van der Waals surface area contributed by atoms with E-state index in [0.717, 1.165) is 17.8 Å². The number of aromatic nitrogens is 2. The molecule has 0 saturated heterocycles. The molecule has 2 aromatic rings. The number of hydrogen-bond donors (Lipinski definition) is 1. The first-order valence-electron chi connectivity index (χ1n) is 5.57. The predicted molar refractivity (Wildman–Crippen MR) is 66.6 cm³/mol. The van der Waals surface area contributed by atoms with Gasteiger partial charge >= 0.3 is 5.97 Å². The lowest BCUT2D eigenvalue weighted by Gasteiger charge is -2.02. The fourth-order valence-electron chi connectivity index (χ4n) is 1.38. The van der Waals surface area contributed by atoms with Crippen molar-refractivity contribution in [3.63, 3.8) is 0 Å². The lowest BCUT2D eigenvalue weighted by molar-refractivity contribution is 0.0696. The summed E-state index contributed by atoms with van der Waals surface area (Å²) >= 11 is 1.12. The molecule has 0 atom stereocenters. The van der Waals surface area contributed by atoms with Crippen LogP contribution in [-0.4, -0.2) is 21.2 Å². The molecule has 0 radical (unpaired) electrons. The first-order chi connectivity index (χ1) is 9.10. The second kappa shape index (κ2) is 5.83. The number of benzene rings is 1. The molecule has 7 heteroatoms. The van der Waals surface area contributed by atoms with E-state index in [2.05, 4.69) is 10.1 Å². The van der Waals surface area contributed by atoms with Crippen molar-refractivity contribution in [1.29, 1.82) is 0 Å². The van der Waals surface area contributed by atoms with Crippen molar-refractivity contribution in [2.24, 2.45) is 0 Å². The molecule has 0 fully saturated rings. The fraction of sp³-hybridized carbons (Fsp3) is 0.250. The SMILES string of the molecule is CCc1noc(CSc2cc(C(=O)O)ccc2F)n1. The monoisotopic (exact) mass is 282 g/mol. The quantitative estimate of drug-likeness (QED) is 0.850. The summed E-state index contributed by atoms with van der Waals surface area (Å²) in [4.78, 5) is 15.1. The molecule has 1 aromatic carbocycles. The number of aryl methyl sites for hydroxylation is 1. The topological polar surface area (TPSA) is 76.2 Å². The summed E-state index contributed by atoms with van der Waals surface area (Å²) in [7, 11) is 0. The summed E-state index contributed by atoms with van der Waals surface area (Å²) in [5.41, 5.74) is 0.0451. The first-order valence-corrected chi connectivity index (χ1v) is 6.55. The van der Waals surface area contributed by atoms with Gasteiger partial charge in [-0.25, -0.2) is 9.18 Å². The van der Waals surface area contributed by atoms with Crippen molar-refractivity contribution >= 4 is 17.7 Å². The van der Waals surface area contributed by atoms with Gasteiger partial charge < -0.3 is 9.63 Å². The van der Waals surface area contributed by atoms with E-state index in [9.17, 15) is 9.18 Å². The van der Waals surface area contributed by atoms with E-state index in [1.807, 2.05) is 6.92 Å². The van der Waals surface area contributed by atoms with Gasteiger partial charge in [0.2, 0.25) is 5.89 Å². The van der Waals surface area contributed by atoms with Gasteiger partial charge in [-0.05, 0) is 18.2 Å². The van der Waals surface area contributed by atoms with E-state index in [-0.39, 0.29) is 10.5 Å². The molecular weight excluding hydrogens is 271 g/mol. The van der Waals surface area contributed by atoms with Gasteiger partial charge in [-0.3, -0.25) is 0 Å². The summed E-state index contributed by atoms with van der Waals surface area (Å²) in [5.74, 6) is -0.275. The van der Waals surface area contributed by atoms with Crippen molar-refractivity contribution in [2.45, 2.75) is 24.0 Å². The highest BCUT2D eigenvalue weighted by Gasteiger charge is 2.11. The molecule has 1 aromatic heterocycles.